The summed E-state index contributed by atoms with van der Waals surface area (Å²) in [5.74, 6) is -1.40. The van der Waals surface area contributed by atoms with E-state index in [-0.39, 0.29) is 11.1 Å². The third kappa shape index (κ3) is 6.77. The molecule has 3 atom stereocenters. The normalized spacial score (nSPS) is 21.7. The molecule has 0 radical (unpaired) electrons. The van der Waals surface area contributed by atoms with Gasteiger partial charge in [0.15, 0.2) is 17.3 Å². The zero-order chi connectivity index (χ0) is 33.3. The van der Waals surface area contributed by atoms with E-state index in [0.717, 1.165) is 11.1 Å². The van der Waals surface area contributed by atoms with E-state index >= 15 is 0 Å². The molecule has 2 saturated heterocycles. The van der Waals surface area contributed by atoms with Crippen molar-refractivity contribution in [2.45, 2.75) is 56.4 Å². The fourth-order valence-electron chi connectivity index (χ4n) is 5.73. The van der Waals surface area contributed by atoms with E-state index in [4.69, 9.17) is 21.1 Å². The summed E-state index contributed by atoms with van der Waals surface area (Å²) in [6, 6.07) is 20.0. The highest BCUT2D eigenvalue weighted by molar-refractivity contribution is 8.03. The molecule has 0 aliphatic carbocycles. The van der Waals surface area contributed by atoms with Gasteiger partial charge in [-0.3, -0.25) is 9.59 Å². The van der Waals surface area contributed by atoms with Crippen molar-refractivity contribution in [3.05, 3.63) is 118 Å². The first-order chi connectivity index (χ1) is 22.5. The van der Waals surface area contributed by atoms with E-state index in [1.165, 1.54) is 16.7 Å². The zero-order valence-electron chi connectivity index (χ0n) is 26.0. The molecule has 12 heteroatoms. The number of carbonyl (C=O) groups is 4. The summed E-state index contributed by atoms with van der Waals surface area (Å²) in [5, 5.41) is 4.02. The smallest absolute Gasteiger partial charge is 0.408 e. The van der Waals surface area contributed by atoms with Crippen molar-refractivity contribution in [1.82, 2.24) is 15.2 Å². The van der Waals surface area contributed by atoms with Gasteiger partial charge in [-0.25, -0.2) is 14.6 Å². The summed E-state index contributed by atoms with van der Waals surface area (Å²) in [7, 11) is 0. The standard InChI is InChI=1S/C35H33ClN4O6S/c1-35(2,3)46-34(44)38-26-31(42)40-27(33(43)45-28(21-11-6-4-7-12-21)22-13-8-5-9-14-22)24(20-47-32(26)40)19-23-16-18-39(30(23)41)25-15-10-17-37-29(25)36/h4-15,17,19-20,26-28,32H,16,18H2,1-3H3,(H,38,44)/t26-,27-,32-/m1/s1. The number of hydrogen-bond donors (Lipinski definition) is 1. The van der Waals surface area contributed by atoms with E-state index < -0.39 is 47.1 Å². The van der Waals surface area contributed by atoms with Crippen LogP contribution in [0.1, 0.15) is 44.4 Å². The number of fused-ring (bicyclic) bond motifs is 1. The molecule has 3 aliphatic rings. The number of esters is 1. The van der Waals surface area contributed by atoms with Crippen molar-refractivity contribution in [2.24, 2.45) is 0 Å². The molecule has 0 spiro atoms. The first-order valence-electron chi connectivity index (χ1n) is 15.1. The predicted octanol–water partition coefficient (Wildman–Crippen LogP) is 5.79. The lowest BCUT2D eigenvalue weighted by Crippen LogP contribution is -2.74. The molecule has 47 heavy (non-hydrogen) atoms. The number of β-lactam (4-membered cyclic amide) rings is 1. The first-order valence-corrected chi connectivity index (χ1v) is 16.4. The fraction of sp³-hybridized carbons (Fsp3) is 0.286. The maximum absolute atomic E-state index is 14.3. The quantitative estimate of drug-likeness (QED) is 0.145. The highest BCUT2D eigenvalue weighted by Gasteiger charge is 2.56. The second-order valence-electron chi connectivity index (χ2n) is 12.2. The molecule has 10 nitrogen and oxygen atoms in total. The van der Waals surface area contributed by atoms with Crippen LogP contribution in [0.4, 0.5) is 10.5 Å². The van der Waals surface area contributed by atoms with Gasteiger partial charge in [-0.1, -0.05) is 72.3 Å². The summed E-state index contributed by atoms with van der Waals surface area (Å²) in [5.41, 5.74) is 2.13. The van der Waals surface area contributed by atoms with Crippen LogP contribution in [0.3, 0.4) is 0 Å². The zero-order valence-corrected chi connectivity index (χ0v) is 27.5. The number of nitrogens with zero attached hydrogens (tertiary/aromatic N) is 3. The number of amides is 3. The Labute approximate surface area is 281 Å². The average Bonchev–Trinajstić information content (AvgIpc) is 3.41. The predicted molar refractivity (Wildman–Crippen MR) is 178 cm³/mol. The molecular formula is C35H33ClN4O6S. The second-order valence-corrected chi connectivity index (χ2v) is 13.6. The molecule has 242 valence electrons. The van der Waals surface area contributed by atoms with Crippen LogP contribution in [0.25, 0.3) is 0 Å². The molecule has 6 rings (SSSR count). The minimum atomic E-state index is -1.17. The Bertz CT molecular complexity index is 1720. The van der Waals surface area contributed by atoms with Gasteiger partial charge >= 0.3 is 12.1 Å². The minimum absolute atomic E-state index is 0.210. The summed E-state index contributed by atoms with van der Waals surface area (Å²) in [6.45, 7) is 5.57. The molecule has 0 bridgehead atoms. The lowest BCUT2D eigenvalue weighted by atomic mass is 9.95. The van der Waals surface area contributed by atoms with Gasteiger partial charge in [0.05, 0.1) is 5.69 Å². The SMILES string of the molecule is CC(C)(C)OC(=O)N[C@@H]1C(=O)N2[C@@H](C(=O)OC(c3ccccc3)c3ccccc3)C(C=C3CCN(c4cccnc4Cl)C3=O)=CS[C@H]12. The molecule has 2 fully saturated rings. The maximum atomic E-state index is 14.3. The highest BCUT2D eigenvalue weighted by atomic mass is 35.5. The monoisotopic (exact) mass is 672 g/mol. The number of thioether (sulfide) groups is 1. The highest BCUT2D eigenvalue weighted by Crippen LogP contribution is 2.42. The van der Waals surface area contributed by atoms with Gasteiger partial charge in [0.1, 0.15) is 17.0 Å². The van der Waals surface area contributed by atoms with Gasteiger partial charge in [-0.05, 0) is 67.5 Å². The van der Waals surface area contributed by atoms with Crippen molar-refractivity contribution in [3.63, 3.8) is 0 Å². The third-order valence-electron chi connectivity index (χ3n) is 7.85. The van der Waals surface area contributed by atoms with Crippen LogP contribution in [0.5, 0.6) is 0 Å². The number of alkyl carbamates (subject to hydrolysis) is 1. The van der Waals surface area contributed by atoms with E-state index in [2.05, 4.69) is 10.3 Å². The number of aromatic nitrogens is 1. The second kappa shape index (κ2) is 13.2. The maximum Gasteiger partial charge on any atom is 0.408 e. The molecule has 3 aliphatic heterocycles. The lowest BCUT2D eigenvalue weighted by Gasteiger charge is -2.51. The first kappa shape index (κ1) is 32.3. The van der Waals surface area contributed by atoms with Gasteiger partial charge in [-0.15, -0.1) is 11.8 Å². The minimum Gasteiger partial charge on any atom is -0.451 e. The van der Waals surface area contributed by atoms with Crippen LogP contribution in [-0.2, 0) is 23.9 Å². The number of rotatable bonds is 7. The molecule has 2 aromatic carbocycles. The molecular weight excluding hydrogens is 640 g/mol. The Balaban J connectivity index is 1.32. The van der Waals surface area contributed by atoms with Gasteiger partial charge in [-0.2, -0.15) is 0 Å². The molecule has 1 aromatic heterocycles. The molecule has 0 unspecified atom stereocenters. The molecule has 3 aromatic rings. The Hall–Kier alpha value is -4.61. The Morgan fingerprint density at radius 2 is 1.68 bits per heavy atom. The number of anilines is 1. The number of halogens is 1. The number of ether oxygens (including phenoxy) is 2. The van der Waals surface area contributed by atoms with Crippen LogP contribution >= 0.6 is 23.4 Å². The van der Waals surface area contributed by atoms with Crippen molar-refractivity contribution >= 4 is 52.9 Å². The Morgan fingerprint density at radius 3 is 2.30 bits per heavy atom. The van der Waals surface area contributed by atoms with Gasteiger partial charge in [0.2, 0.25) is 5.91 Å². The number of pyridine rings is 1. The van der Waals surface area contributed by atoms with Gasteiger partial charge in [0, 0.05) is 18.3 Å². The van der Waals surface area contributed by atoms with Crippen LogP contribution in [0.2, 0.25) is 5.15 Å². The van der Waals surface area contributed by atoms with Crippen LogP contribution in [0, 0.1) is 0 Å². The topological polar surface area (TPSA) is 118 Å². The van der Waals surface area contributed by atoms with Crippen molar-refractivity contribution in [3.8, 4) is 0 Å². The molecule has 3 amide bonds. The number of benzene rings is 2. The van der Waals surface area contributed by atoms with Gasteiger partial charge < -0.3 is 24.6 Å². The Morgan fingerprint density at radius 1 is 1.02 bits per heavy atom. The number of nitrogens with one attached hydrogen (secondary N) is 1. The summed E-state index contributed by atoms with van der Waals surface area (Å²) in [6.07, 6.45) is 2.11. The third-order valence-corrected chi connectivity index (χ3v) is 9.32. The van der Waals surface area contributed by atoms with E-state index in [1.807, 2.05) is 60.7 Å². The molecule has 1 N–H and O–H groups in total. The van der Waals surface area contributed by atoms with Crippen molar-refractivity contribution in [1.29, 1.82) is 0 Å². The van der Waals surface area contributed by atoms with E-state index in [1.54, 1.807) is 55.5 Å². The van der Waals surface area contributed by atoms with Gasteiger partial charge in [0.25, 0.3) is 5.91 Å². The summed E-state index contributed by atoms with van der Waals surface area (Å²) >= 11 is 7.56. The van der Waals surface area contributed by atoms with Crippen LogP contribution < -0.4 is 10.2 Å². The Kier molecular flexibility index (Phi) is 9.11. The molecule has 0 saturated carbocycles. The fourth-order valence-corrected chi connectivity index (χ4v) is 7.14. The largest absolute Gasteiger partial charge is 0.451 e. The average molecular weight is 673 g/mol. The summed E-state index contributed by atoms with van der Waals surface area (Å²) in [4.78, 5) is 61.1. The summed E-state index contributed by atoms with van der Waals surface area (Å²) < 4.78 is 11.6. The van der Waals surface area contributed by atoms with Crippen LogP contribution in [-0.4, -0.2) is 63.4 Å². The van der Waals surface area contributed by atoms with Crippen molar-refractivity contribution in [2.75, 3.05) is 11.4 Å². The van der Waals surface area contributed by atoms with Crippen molar-refractivity contribution < 1.29 is 28.7 Å². The lowest BCUT2D eigenvalue weighted by molar-refractivity contribution is -0.164. The van der Waals surface area contributed by atoms with Crippen LogP contribution in [0.15, 0.2) is 102 Å². The number of hydrogen-bond acceptors (Lipinski definition) is 8. The van der Waals surface area contributed by atoms with E-state index in [9.17, 15) is 19.2 Å². The van der Waals surface area contributed by atoms with E-state index in [0.29, 0.717) is 29.8 Å². The molecule has 4 heterocycles. The number of carbonyl (C=O) groups excluding carboxylic acids is 4.